The second kappa shape index (κ2) is 6.29. The van der Waals surface area contributed by atoms with E-state index in [9.17, 15) is 0 Å². The van der Waals surface area contributed by atoms with Crippen LogP contribution in [0.5, 0.6) is 0 Å². The van der Waals surface area contributed by atoms with Gasteiger partial charge in [-0.25, -0.2) is 0 Å². The molecule has 2 atom stereocenters. The molecule has 5 rings (SSSR count). The lowest BCUT2D eigenvalue weighted by molar-refractivity contribution is 0.666. The summed E-state index contributed by atoms with van der Waals surface area (Å²) in [5.74, 6) is 1.10. The minimum atomic E-state index is 0.536. The first kappa shape index (κ1) is 15.6. The molecule has 0 aromatic heterocycles. The molecule has 0 saturated heterocycles. The largest absolute Gasteiger partial charge is 0.0835 e. The van der Waals surface area contributed by atoms with Crippen LogP contribution in [0.3, 0.4) is 0 Å². The molecule has 0 fully saturated rings. The highest BCUT2D eigenvalue weighted by atomic mass is 14.3. The van der Waals surface area contributed by atoms with E-state index < -0.39 is 0 Å². The molecule has 0 N–H and O–H groups in total. The summed E-state index contributed by atoms with van der Waals surface area (Å²) in [5.41, 5.74) is 10.6. The summed E-state index contributed by atoms with van der Waals surface area (Å²) in [5, 5.41) is 0. The zero-order valence-electron chi connectivity index (χ0n) is 15.3. The average Bonchev–Trinajstić information content (AvgIpc) is 2.69. The van der Waals surface area contributed by atoms with Crippen LogP contribution in [0.2, 0.25) is 0 Å². The van der Waals surface area contributed by atoms with Crippen LogP contribution < -0.4 is 0 Å². The van der Waals surface area contributed by atoms with Crippen molar-refractivity contribution in [2.75, 3.05) is 0 Å². The maximum atomic E-state index is 2.38. The van der Waals surface area contributed by atoms with E-state index in [2.05, 4.69) is 85.8 Å². The molecule has 0 heteroatoms. The van der Waals surface area contributed by atoms with Crippen molar-refractivity contribution in [2.24, 2.45) is 0 Å². The van der Waals surface area contributed by atoms with Gasteiger partial charge in [0.1, 0.15) is 0 Å². The lowest BCUT2D eigenvalue weighted by atomic mass is 9.72. The van der Waals surface area contributed by atoms with Crippen molar-refractivity contribution < 1.29 is 0 Å². The van der Waals surface area contributed by atoms with E-state index in [1.54, 1.807) is 11.1 Å². The van der Waals surface area contributed by atoms with Crippen molar-refractivity contribution in [3.05, 3.63) is 107 Å². The fourth-order valence-electron chi connectivity index (χ4n) is 4.89. The molecule has 3 aromatic rings. The molecule has 128 valence electrons. The summed E-state index contributed by atoms with van der Waals surface area (Å²) in [4.78, 5) is 0. The van der Waals surface area contributed by atoms with E-state index >= 15 is 0 Å². The standard InChI is InChI=1S/C26H24/c1-18-8-7-13-23-21(18)14-15-25-24-12-6-5-11-22(24)20(17-26(23)25)16-19-9-3-2-4-10-19/h2-12,14-15,18,20H,13,16-17H2,1H3. The van der Waals surface area contributed by atoms with E-state index in [0.717, 1.165) is 19.3 Å². The fourth-order valence-corrected chi connectivity index (χ4v) is 4.89. The lowest BCUT2D eigenvalue weighted by Gasteiger charge is -2.32. The molecular weight excluding hydrogens is 312 g/mol. The molecule has 2 aliphatic carbocycles. The Morgan fingerprint density at radius 1 is 0.769 bits per heavy atom. The van der Waals surface area contributed by atoms with Crippen molar-refractivity contribution in [3.63, 3.8) is 0 Å². The summed E-state index contributed by atoms with van der Waals surface area (Å²) < 4.78 is 0. The number of hydrogen-bond donors (Lipinski definition) is 0. The van der Waals surface area contributed by atoms with Crippen LogP contribution in [0.15, 0.2) is 78.9 Å². The predicted octanol–water partition coefficient (Wildman–Crippen LogP) is 6.45. The van der Waals surface area contributed by atoms with Gasteiger partial charge < -0.3 is 0 Å². The van der Waals surface area contributed by atoms with Crippen LogP contribution in [0, 0.1) is 0 Å². The number of benzene rings is 3. The van der Waals surface area contributed by atoms with E-state index in [4.69, 9.17) is 0 Å². The van der Waals surface area contributed by atoms with Gasteiger partial charge in [-0.3, -0.25) is 0 Å². The van der Waals surface area contributed by atoms with Gasteiger partial charge in [-0.2, -0.15) is 0 Å². The first-order chi connectivity index (χ1) is 12.8. The molecular formula is C26H24. The summed E-state index contributed by atoms with van der Waals surface area (Å²) in [7, 11) is 0. The summed E-state index contributed by atoms with van der Waals surface area (Å²) in [6.45, 7) is 2.32. The summed E-state index contributed by atoms with van der Waals surface area (Å²) in [6.07, 6.45) is 8.08. The normalized spacial score (nSPS) is 20.2. The fraction of sp³-hybridized carbons (Fsp3) is 0.231. The first-order valence-corrected chi connectivity index (χ1v) is 9.76. The van der Waals surface area contributed by atoms with Gasteiger partial charge in [-0.1, -0.05) is 85.8 Å². The predicted molar refractivity (Wildman–Crippen MR) is 110 cm³/mol. The van der Waals surface area contributed by atoms with E-state index in [1.165, 1.54) is 27.8 Å². The number of allylic oxidation sites excluding steroid dienone is 2. The molecule has 0 nitrogen and oxygen atoms in total. The molecule has 3 aromatic carbocycles. The maximum absolute atomic E-state index is 2.38. The Morgan fingerprint density at radius 3 is 2.46 bits per heavy atom. The van der Waals surface area contributed by atoms with Crippen LogP contribution in [0.1, 0.15) is 46.6 Å². The van der Waals surface area contributed by atoms with Gasteiger partial charge in [0.15, 0.2) is 0 Å². The Bertz CT molecular complexity index is 978. The molecule has 0 heterocycles. The maximum Gasteiger partial charge on any atom is -0.000738 e. The molecule has 0 radical (unpaired) electrons. The van der Waals surface area contributed by atoms with Gasteiger partial charge in [0, 0.05) is 0 Å². The smallest absolute Gasteiger partial charge is 0.000738 e. The van der Waals surface area contributed by atoms with Gasteiger partial charge in [0.25, 0.3) is 0 Å². The number of hydrogen-bond acceptors (Lipinski definition) is 0. The lowest BCUT2D eigenvalue weighted by Crippen LogP contribution is -2.17. The number of rotatable bonds is 2. The van der Waals surface area contributed by atoms with Crippen LogP contribution in [-0.4, -0.2) is 0 Å². The Balaban J connectivity index is 1.64. The Hall–Kier alpha value is -2.60. The zero-order chi connectivity index (χ0) is 17.5. The third kappa shape index (κ3) is 2.52. The van der Waals surface area contributed by atoms with Crippen LogP contribution in [-0.2, 0) is 19.3 Å². The summed E-state index contributed by atoms with van der Waals surface area (Å²) >= 11 is 0. The molecule has 0 spiro atoms. The van der Waals surface area contributed by atoms with E-state index in [0.29, 0.717) is 11.8 Å². The molecule has 2 aliphatic rings. The number of fused-ring (bicyclic) bond motifs is 5. The van der Waals surface area contributed by atoms with Crippen LogP contribution in [0.25, 0.3) is 11.1 Å². The van der Waals surface area contributed by atoms with Crippen molar-refractivity contribution in [1.29, 1.82) is 0 Å². The zero-order valence-corrected chi connectivity index (χ0v) is 15.3. The molecule has 0 amide bonds. The third-order valence-electron chi connectivity index (χ3n) is 6.17. The highest BCUT2D eigenvalue weighted by Gasteiger charge is 2.28. The molecule has 2 unspecified atom stereocenters. The quantitative estimate of drug-likeness (QED) is 0.472. The highest BCUT2D eigenvalue weighted by molar-refractivity contribution is 5.76. The second-order valence-electron chi connectivity index (χ2n) is 7.76. The molecule has 0 saturated carbocycles. The minimum Gasteiger partial charge on any atom is -0.0835 e. The highest BCUT2D eigenvalue weighted by Crippen LogP contribution is 2.44. The monoisotopic (exact) mass is 336 g/mol. The van der Waals surface area contributed by atoms with Crippen molar-refractivity contribution in [2.45, 2.75) is 38.0 Å². The van der Waals surface area contributed by atoms with Gasteiger partial charge in [-0.05, 0) is 70.0 Å². The SMILES string of the molecule is CC1C=CCc2c1ccc1c2CC(Cc2ccccc2)c2ccccc2-1. The first-order valence-electron chi connectivity index (χ1n) is 9.76. The Kier molecular flexibility index (Phi) is 3.78. The third-order valence-corrected chi connectivity index (χ3v) is 6.17. The van der Waals surface area contributed by atoms with Gasteiger partial charge in [-0.15, -0.1) is 0 Å². The summed E-state index contributed by atoms with van der Waals surface area (Å²) in [6, 6.07) is 24.8. The van der Waals surface area contributed by atoms with Crippen LogP contribution >= 0.6 is 0 Å². The second-order valence-corrected chi connectivity index (χ2v) is 7.76. The Labute approximate surface area is 156 Å². The van der Waals surface area contributed by atoms with Crippen molar-refractivity contribution in [3.8, 4) is 11.1 Å². The Morgan fingerprint density at radius 2 is 1.58 bits per heavy atom. The van der Waals surface area contributed by atoms with Crippen LogP contribution in [0.4, 0.5) is 0 Å². The molecule has 0 aliphatic heterocycles. The van der Waals surface area contributed by atoms with E-state index in [-0.39, 0.29) is 0 Å². The molecule has 0 bridgehead atoms. The van der Waals surface area contributed by atoms with Gasteiger partial charge in [0.05, 0.1) is 0 Å². The van der Waals surface area contributed by atoms with Crippen molar-refractivity contribution in [1.82, 2.24) is 0 Å². The van der Waals surface area contributed by atoms with Gasteiger partial charge in [0.2, 0.25) is 0 Å². The van der Waals surface area contributed by atoms with Crippen molar-refractivity contribution >= 4 is 0 Å². The average molecular weight is 336 g/mol. The molecule has 26 heavy (non-hydrogen) atoms. The minimum absolute atomic E-state index is 0.536. The van der Waals surface area contributed by atoms with E-state index in [1.807, 2.05) is 0 Å². The topological polar surface area (TPSA) is 0 Å². The van der Waals surface area contributed by atoms with Gasteiger partial charge >= 0.3 is 0 Å².